The number of anilines is 1. The minimum Gasteiger partial charge on any atom is -0.443 e. The Labute approximate surface area is 162 Å². The van der Waals surface area contributed by atoms with E-state index in [4.69, 9.17) is 20.9 Å². The number of likely N-dealkylation sites (tertiary alicyclic amines) is 1. The van der Waals surface area contributed by atoms with E-state index >= 15 is 0 Å². The molecule has 1 aromatic carbocycles. The maximum atomic E-state index is 15.0. The summed E-state index contributed by atoms with van der Waals surface area (Å²) in [6.07, 6.45) is 0.183. The van der Waals surface area contributed by atoms with Gasteiger partial charge in [-0.15, -0.1) is 4.99 Å². The van der Waals surface area contributed by atoms with Gasteiger partial charge < -0.3 is 30.7 Å². The minimum absolute atomic E-state index is 0.0606. The number of hydrogen-bond donors (Lipinski definition) is 2. The van der Waals surface area contributed by atoms with Gasteiger partial charge in [0.2, 0.25) is 5.91 Å². The number of hydrogen-bond acceptors (Lipinski definition) is 5. The Morgan fingerprint density at radius 2 is 2.07 bits per heavy atom. The van der Waals surface area contributed by atoms with Crippen molar-refractivity contribution in [2.75, 3.05) is 31.7 Å². The molecule has 9 nitrogen and oxygen atoms in total. The molecule has 2 saturated heterocycles. The third kappa shape index (κ3) is 4.16. The van der Waals surface area contributed by atoms with Gasteiger partial charge in [-0.3, -0.25) is 4.79 Å². The molecule has 0 aromatic heterocycles. The van der Waals surface area contributed by atoms with E-state index < -0.39 is 17.9 Å². The molecule has 3 rings (SSSR count). The van der Waals surface area contributed by atoms with Crippen LogP contribution >= 0.6 is 0 Å². The molecule has 2 bridgehead atoms. The standard InChI is InChI=1S/C18H24FN5O4/c1-27-6-5-15(25)24-9-12-7-13(24)8-23(12)14-4-2-3-11(16(14)19)10-28-18(26)22-17(20)21/h2-4,12-13H,5-10H2,1H3,(H4,20,21,22,26)/t12-,13-/m0/s1. The highest BCUT2D eigenvalue weighted by Gasteiger charge is 2.45. The van der Waals surface area contributed by atoms with Gasteiger partial charge in [-0.05, 0) is 12.5 Å². The van der Waals surface area contributed by atoms with Gasteiger partial charge in [-0.25, -0.2) is 9.18 Å². The zero-order valence-electron chi connectivity index (χ0n) is 15.6. The lowest BCUT2D eigenvalue weighted by atomic mass is 10.1. The number of piperazine rings is 1. The first-order valence-corrected chi connectivity index (χ1v) is 8.99. The van der Waals surface area contributed by atoms with Crippen LogP contribution in [0.15, 0.2) is 23.2 Å². The van der Waals surface area contributed by atoms with Crippen molar-refractivity contribution < 1.29 is 23.5 Å². The summed E-state index contributed by atoms with van der Waals surface area (Å²) < 4.78 is 24.8. The molecule has 2 amide bonds. The summed E-state index contributed by atoms with van der Waals surface area (Å²) in [7, 11) is 1.56. The second-order valence-electron chi connectivity index (χ2n) is 6.83. The van der Waals surface area contributed by atoms with Gasteiger partial charge in [0.05, 0.1) is 24.8 Å². The third-order valence-corrected chi connectivity index (χ3v) is 5.02. The van der Waals surface area contributed by atoms with Gasteiger partial charge in [-0.2, -0.15) is 0 Å². The van der Waals surface area contributed by atoms with Crippen LogP contribution in [0.3, 0.4) is 0 Å². The number of rotatable bonds is 6. The first-order valence-electron chi connectivity index (χ1n) is 8.99. The van der Waals surface area contributed by atoms with Crippen LogP contribution in [0.1, 0.15) is 18.4 Å². The highest BCUT2D eigenvalue weighted by atomic mass is 19.1. The fourth-order valence-corrected chi connectivity index (χ4v) is 3.78. The summed E-state index contributed by atoms with van der Waals surface area (Å²) in [6.45, 7) is 1.25. The monoisotopic (exact) mass is 393 g/mol. The third-order valence-electron chi connectivity index (χ3n) is 5.02. The van der Waals surface area contributed by atoms with Crippen LogP contribution in [0.2, 0.25) is 0 Å². The topological polar surface area (TPSA) is 123 Å². The van der Waals surface area contributed by atoms with Gasteiger partial charge in [0.25, 0.3) is 0 Å². The normalized spacial score (nSPS) is 20.4. The van der Waals surface area contributed by atoms with Crippen molar-refractivity contribution in [1.29, 1.82) is 0 Å². The predicted octanol–water partition coefficient (Wildman–Crippen LogP) is 0.562. The number of guanidine groups is 1. The quantitative estimate of drug-likeness (QED) is 0.535. The fourth-order valence-electron chi connectivity index (χ4n) is 3.78. The van der Waals surface area contributed by atoms with Crippen LogP contribution in [0.5, 0.6) is 0 Å². The highest BCUT2D eigenvalue weighted by Crippen LogP contribution is 2.36. The fraction of sp³-hybridized carbons (Fsp3) is 0.500. The highest BCUT2D eigenvalue weighted by molar-refractivity contribution is 5.87. The Balaban J connectivity index is 1.65. The molecule has 2 aliphatic heterocycles. The molecule has 0 saturated carbocycles. The molecule has 0 spiro atoms. The number of amides is 2. The second-order valence-corrected chi connectivity index (χ2v) is 6.83. The molecule has 0 radical (unpaired) electrons. The first-order chi connectivity index (χ1) is 13.4. The lowest BCUT2D eigenvalue weighted by Crippen LogP contribution is -2.49. The number of nitrogens with two attached hydrogens (primary N) is 2. The molecular formula is C18H24FN5O4. The van der Waals surface area contributed by atoms with Gasteiger partial charge in [0, 0.05) is 31.8 Å². The predicted molar refractivity (Wildman–Crippen MR) is 100 cm³/mol. The number of methoxy groups -OCH3 is 1. The molecule has 2 atom stereocenters. The molecule has 2 heterocycles. The summed E-state index contributed by atoms with van der Waals surface area (Å²) >= 11 is 0. The van der Waals surface area contributed by atoms with Gasteiger partial charge >= 0.3 is 6.09 Å². The molecular weight excluding hydrogens is 369 g/mol. The summed E-state index contributed by atoms with van der Waals surface area (Å²) in [5, 5.41) is 0. The minimum atomic E-state index is -0.977. The number of benzene rings is 1. The molecule has 10 heteroatoms. The maximum absolute atomic E-state index is 15.0. The molecule has 28 heavy (non-hydrogen) atoms. The number of carbonyl (C=O) groups is 2. The van der Waals surface area contributed by atoms with Gasteiger partial charge in [0.15, 0.2) is 11.8 Å². The van der Waals surface area contributed by atoms with Crippen molar-refractivity contribution in [1.82, 2.24) is 4.90 Å². The largest absolute Gasteiger partial charge is 0.443 e. The van der Waals surface area contributed by atoms with Crippen LogP contribution in [0.4, 0.5) is 14.9 Å². The number of halogens is 1. The lowest BCUT2D eigenvalue weighted by molar-refractivity contribution is -0.133. The Morgan fingerprint density at radius 1 is 1.29 bits per heavy atom. The first kappa shape index (κ1) is 19.9. The Kier molecular flexibility index (Phi) is 5.98. The van der Waals surface area contributed by atoms with Crippen molar-refractivity contribution in [3.05, 3.63) is 29.6 Å². The molecule has 1 aromatic rings. The molecule has 2 aliphatic rings. The average Bonchev–Trinajstić information content (AvgIpc) is 3.25. The smallest absolute Gasteiger partial charge is 0.437 e. The molecule has 0 unspecified atom stereocenters. The van der Waals surface area contributed by atoms with Crippen molar-refractivity contribution >= 4 is 23.6 Å². The summed E-state index contributed by atoms with van der Waals surface area (Å²) in [4.78, 5) is 30.7. The van der Waals surface area contributed by atoms with E-state index in [2.05, 4.69) is 4.99 Å². The van der Waals surface area contributed by atoms with Crippen molar-refractivity contribution in [2.45, 2.75) is 31.5 Å². The number of ether oxygens (including phenoxy) is 2. The zero-order valence-corrected chi connectivity index (χ0v) is 15.6. The van der Waals surface area contributed by atoms with E-state index in [0.717, 1.165) is 6.42 Å². The Morgan fingerprint density at radius 3 is 2.71 bits per heavy atom. The Hall–Kier alpha value is -2.88. The van der Waals surface area contributed by atoms with Crippen LogP contribution in [0.25, 0.3) is 0 Å². The van der Waals surface area contributed by atoms with Crippen LogP contribution in [-0.2, 0) is 20.9 Å². The summed E-state index contributed by atoms with van der Waals surface area (Å²) in [6, 6.07) is 5.06. The van der Waals surface area contributed by atoms with Crippen LogP contribution < -0.4 is 16.4 Å². The number of aliphatic imine (C=N–C) groups is 1. The van der Waals surface area contributed by atoms with E-state index in [-0.39, 0.29) is 30.2 Å². The maximum Gasteiger partial charge on any atom is 0.437 e. The lowest BCUT2D eigenvalue weighted by Gasteiger charge is -2.36. The number of nitrogens with zero attached hydrogens (tertiary/aromatic N) is 3. The van der Waals surface area contributed by atoms with Crippen molar-refractivity contribution in [2.24, 2.45) is 16.5 Å². The Bertz CT molecular complexity index is 783. The van der Waals surface area contributed by atoms with E-state index in [1.54, 1.807) is 19.2 Å². The zero-order chi connectivity index (χ0) is 20.3. The molecule has 0 aliphatic carbocycles. The van der Waals surface area contributed by atoms with Crippen molar-refractivity contribution in [3.63, 3.8) is 0 Å². The molecule has 2 fully saturated rings. The van der Waals surface area contributed by atoms with Gasteiger partial charge in [0.1, 0.15) is 6.61 Å². The molecule has 4 N–H and O–H groups in total. The van der Waals surface area contributed by atoms with E-state index in [0.29, 0.717) is 31.8 Å². The summed E-state index contributed by atoms with van der Waals surface area (Å²) in [5.74, 6) is -0.809. The SMILES string of the molecule is COCCC(=O)N1C[C@@H]2C[C@H]1CN2c1cccc(COC(=O)N=C(N)N)c1F. The molecule has 152 valence electrons. The van der Waals surface area contributed by atoms with Gasteiger partial charge in [-0.1, -0.05) is 12.1 Å². The van der Waals surface area contributed by atoms with Crippen LogP contribution in [-0.4, -0.2) is 61.7 Å². The second kappa shape index (κ2) is 8.42. The van der Waals surface area contributed by atoms with E-state index in [9.17, 15) is 14.0 Å². The van der Waals surface area contributed by atoms with E-state index in [1.807, 2.05) is 9.80 Å². The van der Waals surface area contributed by atoms with E-state index in [1.165, 1.54) is 6.07 Å². The summed E-state index contributed by atoms with van der Waals surface area (Å²) in [5.41, 5.74) is 10.9. The number of fused-ring (bicyclic) bond motifs is 2. The average molecular weight is 393 g/mol. The van der Waals surface area contributed by atoms with Crippen molar-refractivity contribution in [3.8, 4) is 0 Å². The van der Waals surface area contributed by atoms with Crippen LogP contribution in [0, 0.1) is 5.82 Å². The number of carbonyl (C=O) groups excluding carboxylic acids is 2.